The lowest BCUT2D eigenvalue weighted by Crippen LogP contribution is -2.29. The van der Waals surface area contributed by atoms with Gasteiger partial charge in [-0.15, -0.1) is 11.8 Å². The van der Waals surface area contributed by atoms with Crippen molar-refractivity contribution >= 4 is 17.7 Å². The van der Waals surface area contributed by atoms with Crippen LogP contribution in [0.2, 0.25) is 0 Å². The van der Waals surface area contributed by atoms with Crippen LogP contribution in [0.5, 0.6) is 0 Å². The molecule has 0 N–H and O–H groups in total. The van der Waals surface area contributed by atoms with E-state index in [4.69, 9.17) is 4.42 Å². The highest BCUT2D eigenvalue weighted by Gasteiger charge is 2.31. The summed E-state index contributed by atoms with van der Waals surface area (Å²) >= 11 is 1.79. The molecule has 2 heterocycles. The SMILES string of the molecule is CCCCCC(=O)N1CCSC1c1ccco1. The van der Waals surface area contributed by atoms with Crippen LogP contribution in [0.4, 0.5) is 0 Å². The second-order valence-electron chi connectivity index (χ2n) is 4.28. The Kier molecular flexibility index (Phi) is 4.54. The molecule has 17 heavy (non-hydrogen) atoms. The molecule has 1 amide bonds. The van der Waals surface area contributed by atoms with Crippen molar-refractivity contribution in [3.8, 4) is 0 Å². The Morgan fingerprint density at radius 2 is 2.47 bits per heavy atom. The molecule has 1 aromatic rings. The molecule has 1 atom stereocenters. The summed E-state index contributed by atoms with van der Waals surface area (Å²) in [5, 5.41) is 0.0964. The summed E-state index contributed by atoms with van der Waals surface area (Å²) in [6.07, 6.45) is 5.64. The number of rotatable bonds is 5. The molecule has 2 rings (SSSR count). The predicted molar refractivity (Wildman–Crippen MR) is 69.8 cm³/mol. The van der Waals surface area contributed by atoms with E-state index in [1.54, 1.807) is 18.0 Å². The van der Waals surface area contributed by atoms with Crippen molar-refractivity contribution in [2.45, 2.75) is 38.0 Å². The Morgan fingerprint density at radius 1 is 1.59 bits per heavy atom. The molecule has 0 spiro atoms. The number of carbonyl (C=O) groups is 1. The maximum Gasteiger partial charge on any atom is 0.223 e. The molecule has 1 saturated heterocycles. The van der Waals surface area contributed by atoms with Gasteiger partial charge in [0.1, 0.15) is 11.1 Å². The van der Waals surface area contributed by atoms with Crippen molar-refractivity contribution in [3.05, 3.63) is 24.2 Å². The number of unbranched alkanes of at least 4 members (excludes halogenated alkanes) is 2. The molecule has 1 unspecified atom stereocenters. The van der Waals surface area contributed by atoms with Crippen LogP contribution in [0.15, 0.2) is 22.8 Å². The molecular weight excluding hydrogens is 234 g/mol. The summed E-state index contributed by atoms with van der Waals surface area (Å²) in [7, 11) is 0. The van der Waals surface area contributed by atoms with Gasteiger partial charge in [0.25, 0.3) is 0 Å². The zero-order chi connectivity index (χ0) is 12.1. The number of furan rings is 1. The molecule has 1 aliphatic heterocycles. The van der Waals surface area contributed by atoms with Gasteiger partial charge in [-0.2, -0.15) is 0 Å². The van der Waals surface area contributed by atoms with E-state index in [1.807, 2.05) is 17.0 Å². The molecule has 3 nitrogen and oxygen atoms in total. The van der Waals surface area contributed by atoms with Crippen LogP contribution in [0, 0.1) is 0 Å². The molecule has 0 aromatic carbocycles. The van der Waals surface area contributed by atoms with Crippen molar-refractivity contribution in [1.29, 1.82) is 0 Å². The minimum Gasteiger partial charge on any atom is -0.466 e. The highest BCUT2D eigenvalue weighted by atomic mass is 32.2. The van der Waals surface area contributed by atoms with Gasteiger partial charge in [-0.05, 0) is 18.6 Å². The molecule has 1 fully saturated rings. The van der Waals surface area contributed by atoms with Crippen LogP contribution in [0.1, 0.15) is 43.7 Å². The third-order valence-electron chi connectivity index (χ3n) is 2.99. The zero-order valence-corrected chi connectivity index (χ0v) is 11.0. The van der Waals surface area contributed by atoms with Gasteiger partial charge in [0.05, 0.1) is 6.26 Å². The first-order chi connectivity index (χ1) is 8.33. The Morgan fingerprint density at radius 3 is 3.18 bits per heavy atom. The summed E-state index contributed by atoms with van der Waals surface area (Å²) in [6, 6.07) is 3.84. The Bertz CT molecular complexity index is 350. The molecule has 1 aromatic heterocycles. The van der Waals surface area contributed by atoms with E-state index in [0.717, 1.165) is 37.3 Å². The van der Waals surface area contributed by atoms with E-state index in [9.17, 15) is 4.79 Å². The van der Waals surface area contributed by atoms with E-state index >= 15 is 0 Å². The second-order valence-corrected chi connectivity index (χ2v) is 5.47. The maximum atomic E-state index is 12.1. The number of thioether (sulfide) groups is 1. The monoisotopic (exact) mass is 253 g/mol. The Balaban J connectivity index is 1.93. The quantitative estimate of drug-likeness (QED) is 0.754. The fraction of sp³-hybridized carbons (Fsp3) is 0.615. The normalized spacial score (nSPS) is 19.8. The van der Waals surface area contributed by atoms with Crippen LogP contribution < -0.4 is 0 Å². The van der Waals surface area contributed by atoms with Gasteiger partial charge < -0.3 is 9.32 Å². The lowest BCUT2D eigenvalue weighted by atomic mass is 10.2. The van der Waals surface area contributed by atoms with Crippen molar-refractivity contribution in [3.63, 3.8) is 0 Å². The minimum atomic E-state index is 0.0964. The third kappa shape index (κ3) is 3.06. The fourth-order valence-corrected chi connectivity index (χ4v) is 3.29. The molecule has 0 bridgehead atoms. The van der Waals surface area contributed by atoms with Gasteiger partial charge >= 0.3 is 0 Å². The van der Waals surface area contributed by atoms with Crippen molar-refractivity contribution < 1.29 is 9.21 Å². The lowest BCUT2D eigenvalue weighted by Gasteiger charge is -2.22. The van der Waals surface area contributed by atoms with Gasteiger partial charge in [0, 0.05) is 18.7 Å². The first kappa shape index (κ1) is 12.6. The molecular formula is C13H19NO2S. The van der Waals surface area contributed by atoms with Crippen molar-refractivity contribution in [2.75, 3.05) is 12.3 Å². The summed E-state index contributed by atoms with van der Waals surface area (Å²) in [5.74, 6) is 2.17. The number of amides is 1. The van der Waals surface area contributed by atoms with E-state index in [2.05, 4.69) is 6.92 Å². The third-order valence-corrected chi connectivity index (χ3v) is 4.21. The van der Waals surface area contributed by atoms with Crippen molar-refractivity contribution in [1.82, 2.24) is 4.90 Å². The average Bonchev–Trinajstić information content (AvgIpc) is 2.99. The number of nitrogens with zero attached hydrogens (tertiary/aromatic N) is 1. The average molecular weight is 253 g/mol. The van der Waals surface area contributed by atoms with E-state index in [-0.39, 0.29) is 11.3 Å². The van der Waals surface area contributed by atoms with Crippen LogP contribution in [-0.2, 0) is 4.79 Å². The molecule has 94 valence electrons. The first-order valence-electron chi connectivity index (χ1n) is 6.27. The van der Waals surface area contributed by atoms with Crippen LogP contribution >= 0.6 is 11.8 Å². The first-order valence-corrected chi connectivity index (χ1v) is 7.32. The number of hydrogen-bond acceptors (Lipinski definition) is 3. The van der Waals surface area contributed by atoms with Gasteiger partial charge in [0.15, 0.2) is 0 Å². The largest absolute Gasteiger partial charge is 0.466 e. The van der Waals surface area contributed by atoms with E-state index in [0.29, 0.717) is 6.42 Å². The molecule has 4 heteroatoms. The highest BCUT2D eigenvalue weighted by Crippen LogP contribution is 2.38. The molecule has 0 aliphatic carbocycles. The zero-order valence-electron chi connectivity index (χ0n) is 10.2. The summed E-state index contributed by atoms with van der Waals surface area (Å²) in [5.41, 5.74) is 0. The molecule has 0 radical (unpaired) electrons. The second kappa shape index (κ2) is 6.15. The minimum absolute atomic E-state index is 0.0964. The van der Waals surface area contributed by atoms with E-state index in [1.165, 1.54) is 0 Å². The van der Waals surface area contributed by atoms with Gasteiger partial charge in [0.2, 0.25) is 5.91 Å². The Hall–Kier alpha value is -0.900. The Labute approximate surface area is 107 Å². The van der Waals surface area contributed by atoms with Crippen molar-refractivity contribution in [2.24, 2.45) is 0 Å². The summed E-state index contributed by atoms with van der Waals surface area (Å²) < 4.78 is 5.41. The maximum absolute atomic E-state index is 12.1. The summed E-state index contributed by atoms with van der Waals surface area (Å²) in [4.78, 5) is 14.1. The molecule has 1 aliphatic rings. The van der Waals surface area contributed by atoms with Crippen LogP contribution in [0.25, 0.3) is 0 Å². The van der Waals surface area contributed by atoms with Gasteiger partial charge in [-0.1, -0.05) is 19.8 Å². The van der Waals surface area contributed by atoms with Crippen LogP contribution in [0.3, 0.4) is 0 Å². The lowest BCUT2D eigenvalue weighted by molar-refractivity contribution is -0.131. The molecule has 0 saturated carbocycles. The fourth-order valence-electron chi connectivity index (χ4n) is 2.06. The van der Waals surface area contributed by atoms with Gasteiger partial charge in [-0.25, -0.2) is 0 Å². The standard InChI is InChI=1S/C13H19NO2S/c1-2-3-4-7-12(15)14-8-10-17-13(14)11-6-5-9-16-11/h5-6,9,13H,2-4,7-8,10H2,1H3. The number of carbonyl (C=O) groups excluding carboxylic acids is 1. The predicted octanol–water partition coefficient (Wildman–Crippen LogP) is 3.43. The smallest absolute Gasteiger partial charge is 0.223 e. The van der Waals surface area contributed by atoms with E-state index < -0.39 is 0 Å². The number of hydrogen-bond donors (Lipinski definition) is 0. The van der Waals surface area contributed by atoms with Gasteiger partial charge in [-0.3, -0.25) is 4.79 Å². The topological polar surface area (TPSA) is 33.5 Å². The highest BCUT2D eigenvalue weighted by molar-refractivity contribution is 7.99. The summed E-state index contributed by atoms with van der Waals surface area (Å²) in [6.45, 7) is 3.00. The van der Waals surface area contributed by atoms with Crippen LogP contribution in [-0.4, -0.2) is 23.1 Å².